The molecule has 0 saturated carbocycles. The Bertz CT molecular complexity index is 336. The molecule has 1 aromatic rings. The third kappa shape index (κ3) is 2.63. The predicted molar refractivity (Wildman–Crippen MR) is 66.7 cm³/mol. The second-order valence-corrected chi connectivity index (χ2v) is 5.22. The van der Waals surface area contributed by atoms with E-state index >= 15 is 0 Å². The molecule has 0 spiro atoms. The normalized spacial score (nSPS) is 25.2. The van der Waals surface area contributed by atoms with Gasteiger partial charge in [0.1, 0.15) is 0 Å². The van der Waals surface area contributed by atoms with E-state index in [4.69, 9.17) is 0 Å². The number of hydrogen-bond donors (Lipinski definition) is 2. The van der Waals surface area contributed by atoms with Crippen molar-refractivity contribution in [2.24, 2.45) is 0 Å². The van der Waals surface area contributed by atoms with E-state index < -0.39 is 5.60 Å². The molecule has 1 atom stereocenters. The van der Waals surface area contributed by atoms with Gasteiger partial charge in [-0.25, -0.2) is 0 Å². The second kappa shape index (κ2) is 4.56. The molecule has 1 heterocycles. The number of aliphatic hydroxyl groups is 1. The highest BCUT2D eigenvalue weighted by Gasteiger charge is 2.30. The van der Waals surface area contributed by atoms with E-state index in [1.807, 2.05) is 0 Å². The topological polar surface area (TPSA) is 32.3 Å². The van der Waals surface area contributed by atoms with Crippen LogP contribution >= 0.6 is 0 Å². The molecule has 16 heavy (non-hydrogen) atoms. The Morgan fingerprint density at radius 1 is 1.31 bits per heavy atom. The summed E-state index contributed by atoms with van der Waals surface area (Å²) >= 11 is 0. The summed E-state index contributed by atoms with van der Waals surface area (Å²) in [6.45, 7) is 6.05. The maximum atomic E-state index is 10.3. The SMILES string of the molecule is CC(C)c1ccc(CC2(O)CCNC2)cc1. The number of benzene rings is 1. The standard InChI is InChI=1S/C14H21NO/c1-11(2)13-5-3-12(4-6-13)9-14(16)7-8-15-10-14/h3-6,11,15-16H,7-10H2,1-2H3. The van der Waals surface area contributed by atoms with Crippen LogP contribution in [-0.2, 0) is 6.42 Å². The minimum Gasteiger partial charge on any atom is -0.388 e. The van der Waals surface area contributed by atoms with Gasteiger partial charge >= 0.3 is 0 Å². The van der Waals surface area contributed by atoms with Crippen LogP contribution in [0, 0.1) is 0 Å². The van der Waals surface area contributed by atoms with E-state index in [1.165, 1.54) is 11.1 Å². The predicted octanol–water partition coefficient (Wildman–Crippen LogP) is 2.08. The quantitative estimate of drug-likeness (QED) is 0.815. The Balaban J connectivity index is 2.05. The first kappa shape index (κ1) is 11.6. The molecule has 1 aliphatic heterocycles. The van der Waals surface area contributed by atoms with Crippen LogP contribution in [0.25, 0.3) is 0 Å². The average molecular weight is 219 g/mol. The van der Waals surface area contributed by atoms with Crippen molar-refractivity contribution in [2.45, 2.75) is 38.2 Å². The minimum absolute atomic E-state index is 0.528. The third-order valence-corrected chi connectivity index (χ3v) is 3.40. The highest BCUT2D eigenvalue weighted by molar-refractivity contribution is 5.26. The van der Waals surface area contributed by atoms with Gasteiger partial charge in [0.25, 0.3) is 0 Å². The van der Waals surface area contributed by atoms with Gasteiger partial charge < -0.3 is 10.4 Å². The molecule has 0 aromatic heterocycles. The van der Waals surface area contributed by atoms with Gasteiger partial charge in [0.2, 0.25) is 0 Å². The average Bonchev–Trinajstić information content (AvgIpc) is 2.65. The van der Waals surface area contributed by atoms with Crippen molar-refractivity contribution >= 4 is 0 Å². The van der Waals surface area contributed by atoms with Gasteiger partial charge in [-0.2, -0.15) is 0 Å². The van der Waals surface area contributed by atoms with Crippen molar-refractivity contribution in [2.75, 3.05) is 13.1 Å². The Morgan fingerprint density at radius 3 is 2.50 bits per heavy atom. The highest BCUT2D eigenvalue weighted by atomic mass is 16.3. The molecule has 1 saturated heterocycles. The number of nitrogens with one attached hydrogen (secondary N) is 1. The molecule has 0 bridgehead atoms. The van der Waals surface area contributed by atoms with Crippen LogP contribution < -0.4 is 5.32 Å². The van der Waals surface area contributed by atoms with Crippen LogP contribution in [-0.4, -0.2) is 23.8 Å². The lowest BCUT2D eigenvalue weighted by molar-refractivity contribution is 0.0619. The molecule has 2 rings (SSSR count). The molecule has 0 aliphatic carbocycles. The van der Waals surface area contributed by atoms with Crippen molar-refractivity contribution in [1.82, 2.24) is 5.32 Å². The van der Waals surface area contributed by atoms with Crippen LogP contribution in [0.1, 0.15) is 37.3 Å². The summed E-state index contributed by atoms with van der Waals surface area (Å²) in [5.41, 5.74) is 2.06. The van der Waals surface area contributed by atoms with Gasteiger partial charge in [-0.05, 0) is 30.0 Å². The zero-order chi connectivity index (χ0) is 11.6. The molecule has 1 aliphatic rings. The summed E-state index contributed by atoms with van der Waals surface area (Å²) in [7, 11) is 0. The van der Waals surface area contributed by atoms with E-state index in [0.29, 0.717) is 5.92 Å². The monoisotopic (exact) mass is 219 g/mol. The van der Waals surface area contributed by atoms with Gasteiger partial charge in [-0.15, -0.1) is 0 Å². The van der Waals surface area contributed by atoms with E-state index in [1.54, 1.807) is 0 Å². The Morgan fingerprint density at radius 2 is 2.00 bits per heavy atom. The summed E-state index contributed by atoms with van der Waals surface area (Å²) < 4.78 is 0. The summed E-state index contributed by atoms with van der Waals surface area (Å²) in [5.74, 6) is 0.574. The van der Waals surface area contributed by atoms with Gasteiger partial charge in [-0.3, -0.25) is 0 Å². The fourth-order valence-electron chi connectivity index (χ4n) is 2.28. The van der Waals surface area contributed by atoms with Gasteiger partial charge in [0.05, 0.1) is 5.60 Å². The van der Waals surface area contributed by atoms with E-state index in [0.717, 1.165) is 25.9 Å². The maximum absolute atomic E-state index is 10.3. The minimum atomic E-state index is -0.528. The fraction of sp³-hybridized carbons (Fsp3) is 0.571. The molecular weight excluding hydrogens is 198 g/mol. The summed E-state index contributed by atoms with van der Waals surface area (Å²) in [6, 6.07) is 8.63. The lowest BCUT2D eigenvalue weighted by atomic mass is 9.92. The molecule has 1 fully saturated rings. The smallest absolute Gasteiger partial charge is 0.0823 e. The number of hydrogen-bond acceptors (Lipinski definition) is 2. The molecule has 0 amide bonds. The zero-order valence-corrected chi connectivity index (χ0v) is 10.2. The van der Waals surface area contributed by atoms with Crippen LogP contribution in [0.2, 0.25) is 0 Å². The Kier molecular flexibility index (Phi) is 3.31. The first-order valence-corrected chi connectivity index (χ1v) is 6.11. The largest absolute Gasteiger partial charge is 0.388 e. The summed E-state index contributed by atoms with van der Waals surface area (Å²) in [4.78, 5) is 0. The fourth-order valence-corrected chi connectivity index (χ4v) is 2.28. The van der Waals surface area contributed by atoms with Gasteiger partial charge in [0.15, 0.2) is 0 Å². The van der Waals surface area contributed by atoms with Crippen molar-refractivity contribution < 1.29 is 5.11 Å². The zero-order valence-electron chi connectivity index (χ0n) is 10.2. The Labute approximate surface area is 97.7 Å². The van der Waals surface area contributed by atoms with Crippen molar-refractivity contribution in [3.63, 3.8) is 0 Å². The first-order valence-electron chi connectivity index (χ1n) is 6.11. The van der Waals surface area contributed by atoms with Crippen LogP contribution in [0.3, 0.4) is 0 Å². The van der Waals surface area contributed by atoms with Crippen LogP contribution in [0.4, 0.5) is 0 Å². The lowest BCUT2D eigenvalue weighted by Crippen LogP contribution is -2.33. The molecule has 0 radical (unpaired) electrons. The van der Waals surface area contributed by atoms with E-state index in [2.05, 4.69) is 43.4 Å². The first-order chi connectivity index (χ1) is 7.59. The summed E-state index contributed by atoms with van der Waals surface area (Å²) in [5, 5.41) is 13.5. The third-order valence-electron chi connectivity index (χ3n) is 3.40. The van der Waals surface area contributed by atoms with Gasteiger partial charge in [0, 0.05) is 13.0 Å². The highest BCUT2D eigenvalue weighted by Crippen LogP contribution is 2.22. The number of β-amino-alcohol motifs (C(OH)–C–C–N with tert-alkyl or cyclic N) is 1. The maximum Gasteiger partial charge on any atom is 0.0823 e. The van der Waals surface area contributed by atoms with Crippen molar-refractivity contribution in [3.05, 3.63) is 35.4 Å². The van der Waals surface area contributed by atoms with E-state index in [9.17, 15) is 5.11 Å². The van der Waals surface area contributed by atoms with Crippen LogP contribution in [0.5, 0.6) is 0 Å². The van der Waals surface area contributed by atoms with E-state index in [-0.39, 0.29) is 0 Å². The summed E-state index contributed by atoms with van der Waals surface area (Å²) in [6.07, 6.45) is 1.62. The van der Waals surface area contributed by atoms with Crippen LogP contribution in [0.15, 0.2) is 24.3 Å². The van der Waals surface area contributed by atoms with Crippen molar-refractivity contribution in [1.29, 1.82) is 0 Å². The molecule has 2 N–H and O–H groups in total. The molecule has 2 heteroatoms. The van der Waals surface area contributed by atoms with Gasteiger partial charge in [-0.1, -0.05) is 38.1 Å². The molecule has 2 nitrogen and oxygen atoms in total. The Hall–Kier alpha value is -0.860. The van der Waals surface area contributed by atoms with Crippen molar-refractivity contribution in [3.8, 4) is 0 Å². The molecule has 88 valence electrons. The lowest BCUT2D eigenvalue weighted by Gasteiger charge is -2.21. The molecule has 1 aromatic carbocycles. The molecular formula is C14H21NO. The number of rotatable bonds is 3. The second-order valence-electron chi connectivity index (χ2n) is 5.22. The molecule has 1 unspecified atom stereocenters.